The van der Waals surface area contributed by atoms with Crippen molar-refractivity contribution in [1.29, 1.82) is 0 Å². The Morgan fingerprint density at radius 2 is 0.585 bits per heavy atom. The third-order valence-corrected chi connectivity index (χ3v) is 14.9. The molecular formula is C56H86O6S2Zn. The van der Waals surface area contributed by atoms with Crippen molar-refractivity contribution in [3.8, 4) is 0 Å². The fraction of sp³-hybridized carbons (Fsp3) is 0.643. The molecule has 6 nitrogen and oxygen atoms in total. The van der Waals surface area contributed by atoms with E-state index in [9.17, 15) is 25.9 Å². The first-order valence-electron chi connectivity index (χ1n) is 26.0. The summed E-state index contributed by atoms with van der Waals surface area (Å²) in [5, 5.41) is 3.08. The van der Waals surface area contributed by atoms with Crippen molar-refractivity contribution in [3.05, 3.63) is 82.9 Å². The van der Waals surface area contributed by atoms with Crippen molar-refractivity contribution < 1.29 is 45.4 Å². The summed E-state index contributed by atoms with van der Waals surface area (Å²) in [4.78, 5) is -0.170. The normalized spacial score (nSPS) is 11.8. The molecule has 0 aliphatic carbocycles. The number of benzene rings is 4. The molecule has 0 bridgehead atoms. The number of hydrogen-bond donors (Lipinski definition) is 0. The van der Waals surface area contributed by atoms with E-state index in [0.29, 0.717) is 10.8 Å². The summed E-state index contributed by atoms with van der Waals surface area (Å²) in [5.74, 6) is 0. The second-order valence-corrected chi connectivity index (χ2v) is 21.2. The van der Waals surface area contributed by atoms with E-state index in [4.69, 9.17) is 0 Å². The second kappa shape index (κ2) is 34.2. The molecule has 0 saturated carbocycles. The summed E-state index contributed by atoms with van der Waals surface area (Å²) in [5.41, 5.74) is 5.18. The summed E-state index contributed by atoms with van der Waals surface area (Å²) in [7, 11) is -8.96. The van der Waals surface area contributed by atoms with Crippen molar-refractivity contribution in [2.24, 2.45) is 0 Å². The van der Waals surface area contributed by atoms with Gasteiger partial charge in [-0.05, 0) is 107 Å². The van der Waals surface area contributed by atoms with Gasteiger partial charge in [0, 0.05) is 0 Å². The van der Waals surface area contributed by atoms with Gasteiger partial charge >= 0.3 is 19.5 Å². The average molecular weight is 985 g/mol. The van der Waals surface area contributed by atoms with Crippen LogP contribution in [-0.4, -0.2) is 25.9 Å². The Morgan fingerprint density at radius 1 is 0.323 bits per heavy atom. The van der Waals surface area contributed by atoms with Gasteiger partial charge in [-0.3, -0.25) is 0 Å². The largest absolute Gasteiger partial charge is 2.00 e. The number of aryl methyl sites for hydroxylation is 4. The van der Waals surface area contributed by atoms with Crippen molar-refractivity contribution >= 4 is 41.8 Å². The van der Waals surface area contributed by atoms with Gasteiger partial charge in [0.05, 0.1) is 9.79 Å². The van der Waals surface area contributed by atoms with Crippen LogP contribution in [0.2, 0.25) is 0 Å². The summed E-state index contributed by atoms with van der Waals surface area (Å²) in [6.45, 7) is 8.97. The van der Waals surface area contributed by atoms with E-state index in [1.807, 2.05) is 24.3 Å². The third-order valence-electron chi connectivity index (χ3n) is 13.2. The summed E-state index contributed by atoms with van der Waals surface area (Å²) < 4.78 is 70.8. The van der Waals surface area contributed by atoms with Crippen LogP contribution in [0.4, 0.5) is 0 Å². The van der Waals surface area contributed by atoms with Crippen LogP contribution in [0.25, 0.3) is 21.5 Å². The van der Waals surface area contributed by atoms with Crippen LogP contribution in [0.3, 0.4) is 0 Å². The van der Waals surface area contributed by atoms with Crippen molar-refractivity contribution in [3.63, 3.8) is 0 Å². The molecule has 0 atom stereocenters. The smallest absolute Gasteiger partial charge is 0.744 e. The van der Waals surface area contributed by atoms with Gasteiger partial charge in [0.2, 0.25) is 0 Å². The maximum absolute atomic E-state index is 11.8. The van der Waals surface area contributed by atoms with Crippen molar-refractivity contribution in [2.45, 2.75) is 243 Å². The molecule has 0 aromatic heterocycles. The first-order valence-corrected chi connectivity index (χ1v) is 28.8. The van der Waals surface area contributed by atoms with E-state index < -0.39 is 20.2 Å². The maximum atomic E-state index is 11.8. The minimum Gasteiger partial charge on any atom is -0.744 e. The quantitative estimate of drug-likeness (QED) is 0.0262. The number of fused-ring (bicyclic) bond motifs is 2. The van der Waals surface area contributed by atoms with Crippen LogP contribution in [0.15, 0.2) is 70.5 Å². The summed E-state index contributed by atoms with van der Waals surface area (Å²) in [6.07, 6.45) is 39.5. The van der Waals surface area contributed by atoms with E-state index >= 15 is 0 Å². The zero-order valence-corrected chi connectivity index (χ0v) is 46.0. The van der Waals surface area contributed by atoms with Crippen LogP contribution in [0, 0.1) is 0 Å². The third kappa shape index (κ3) is 22.2. The van der Waals surface area contributed by atoms with Crippen molar-refractivity contribution in [2.75, 3.05) is 0 Å². The van der Waals surface area contributed by atoms with E-state index in [2.05, 4.69) is 39.8 Å². The Labute approximate surface area is 410 Å². The summed E-state index contributed by atoms with van der Waals surface area (Å²) in [6, 6.07) is 18.2. The molecule has 0 fully saturated rings. The molecule has 0 amide bonds. The first-order chi connectivity index (χ1) is 31.0. The Kier molecular flexibility index (Phi) is 31.0. The molecule has 0 spiro atoms. The molecule has 4 rings (SSSR count). The van der Waals surface area contributed by atoms with Gasteiger partial charge in [-0.15, -0.1) is 0 Å². The van der Waals surface area contributed by atoms with Crippen LogP contribution in [-0.2, 0) is 65.4 Å². The molecule has 0 N–H and O–H groups in total. The van der Waals surface area contributed by atoms with Gasteiger partial charge < -0.3 is 9.11 Å². The zero-order valence-electron chi connectivity index (χ0n) is 41.4. The maximum Gasteiger partial charge on any atom is 2.00 e. The second-order valence-electron chi connectivity index (χ2n) is 18.5. The Bertz CT molecular complexity index is 1960. The van der Waals surface area contributed by atoms with Gasteiger partial charge in [-0.25, -0.2) is 16.8 Å². The molecule has 0 radical (unpaired) electrons. The molecule has 0 unspecified atom stereocenters. The van der Waals surface area contributed by atoms with E-state index in [-0.39, 0.29) is 29.3 Å². The van der Waals surface area contributed by atoms with Gasteiger partial charge in [-0.2, -0.15) is 0 Å². The Hall–Kier alpha value is -2.16. The molecule has 9 heteroatoms. The van der Waals surface area contributed by atoms with Gasteiger partial charge in [-0.1, -0.05) is 230 Å². The van der Waals surface area contributed by atoms with Crippen LogP contribution < -0.4 is 0 Å². The molecule has 360 valence electrons. The number of hydrogen-bond acceptors (Lipinski definition) is 6. The van der Waals surface area contributed by atoms with Crippen LogP contribution >= 0.6 is 0 Å². The molecule has 0 saturated heterocycles. The van der Waals surface area contributed by atoms with Crippen molar-refractivity contribution in [1.82, 2.24) is 0 Å². The monoisotopic (exact) mass is 983 g/mol. The fourth-order valence-corrected chi connectivity index (χ4v) is 10.8. The molecular weight excluding hydrogens is 898 g/mol. The molecule has 0 heterocycles. The fourth-order valence-electron chi connectivity index (χ4n) is 9.43. The van der Waals surface area contributed by atoms with E-state index in [1.54, 1.807) is 12.1 Å². The average Bonchev–Trinajstić information content (AvgIpc) is 3.27. The van der Waals surface area contributed by atoms with E-state index in [0.717, 1.165) is 49.3 Å². The van der Waals surface area contributed by atoms with Gasteiger partial charge in [0.1, 0.15) is 20.2 Å². The summed E-state index contributed by atoms with van der Waals surface area (Å²) >= 11 is 0. The number of unbranched alkanes of at least 4 members (excludes halogenated alkanes) is 24. The van der Waals surface area contributed by atoms with Crippen LogP contribution in [0.1, 0.15) is 230 Å². The SMILES string of the molecule is CCCCCCCCCc1ccc2c(S(=O)(=O)[O-])cccc2c1CCCCCCCCC.CCCCCCCCCc1ccc2c(S(=O)(=O)[O-])cccc2c1CCCCCCCCC.[Zn+2]. The van der Waals surface area contributed by atoms with E-state index in [1.165, 1.54) is 201 Å². The number of rotatable bonds is 34. The molecule has 4 aromatic rings. The Balaban J connectivity index is 0.000000440. The zero-order chi connectivity index (χ0) is 46.5. The van der Waals surface area contributed by atoms with Gasteiger partial charge in [0.25, 0.3) is 0 Å². The standard InChI is InChI=1S/2C28H44O3S.Zn/c2*1-3-5-7-9-11-13-15-18-24-22-23-27-26(20-17-21-28(27)32(29,30)31)25(24)19-16-14-12-10-8-6-4-2;/h2*17,20-23H,3-16,18-19H2,1-2H3,(H,29,30,31);/q;;+2/p-2. The predicted molar refractivity (Wildman–Crippen MR) is 271 cm³/mol. The predicted octanol–water partition coefficient (Wildman–Crippen LogP) is 16.7. The topological polar surface area (TPSA) is 114 Å². The minimum atomic E-state index is -4.48. The van der Waals surface area contributed by atoms with Gasteiger partial charge in [0.15, 0.2) is 0 Å². The molecule has 0 aliphatic heterocycles. The Morgan fingerprint density at radius 3 is 0.862 bits per heavy atom. The first kappa shape index (κ1) is 59.0. The molecule has 0 aliphatic rings. The molecule has 4 aromatic carbocycles. The molecule has 65 heavy (non-hydrogen) atoms. The van der Waals surface area contributed by atoms with Crippen LogP contribution in [0.5, 0.6) is 0 Å². The minimum absolute atomic E-state index is 0.